The molecule has 9 heteroatoms. The summed E-state index contributed by atoms with van der Waals surface area (Å²) in [7, 11) is 0. The van der Waals surface area contributed by atoms with Crippen molar-refractivity contribution in [3.05, 3.63) is 65.4 Å². The molecule has 9 nitrogen and oxygen atoms in total. The molecule has 1 N–H and O–H groups in total. The van der Waals surface area contributed by atoms with Gasteiger partial charge in [-0.3, -0.25) is 14.7 Å². The molecule has 0 spiro atoms. The summed E-state index contributed by atoms with van der Waals surface area (Å²) in [6.45, 7) is 0.150. The van der Waals surface area contributed by atoms with E-state index < -0.39 is 17.8 Å². The molecule has 2 aromatic carbocycles. The number of benzene rings is 2. The number of hydroxylamine groups is 2. The van der Waals surface area contributed by atoms with E-state index in [4.69, 9.17) is 14.3 Å². The molecule has 138 valence electrons. The Kier molecular flexibility index (Phi) is 3.41. The summed E-state index contributed by atoms with van der Waals surface area (Å²) in [5, 5.41) is 7.08. The van der Waals surface area contributed by atoms with Crippen LogP contribution in [0.4, 0.5) is 0 Å². The average Bonchev–Trinajstić information content (AvgIpc) is 3.43. The van der Waals surface area contributed by atoms with E-state index >= 15 is 0 Å². The van der Waals surface area contributed by atoms with E-state index in [0.29, 0.717) is 27.8 Å². The number of rotatable bonds is 3. The third-order valence-electron chi connectivity index (χ3n) is 4.40. The quantitative estimate of drug-likeness (QED) is 0.697. The number of imide groups is 1. The molecule has 0 saturated heterocycles. The molecule has 0 unspecified atom stereocenters. The number of fused-ring (bicyclic) bond motifs is 2. The van der Waals surface area contributed by atoms with Gasteiger partial charge in [-0.05, 0) is 36.4 Å². The zero-order valence-electron chi connectivity index (χ0n) is 14.2. The van der Waals surface area contributed by atoms with Crippen LogP contribution >= 0.6 is 0 Å². The Balaban J connectivity index is 1.36. The number of aromatic amines is 1. The fourth-order valence-electron chi connectivity index (χ4n) is 3.01. The number of carbonyl (C=O) groups is 3. The summed E-state index contributed by atoms with van der Waals surface area (Å²) in [5.74, 6) is -1.08. The molecule has 3 heterocycles. The molecular weight excluding hydrogens is 366 g/mol. The van der Waals surface area contributed by atoms with Crippen molar-refractivity contribution >= 4 is 17.8 Å². The molecule has 2 amide bonds. The van der Waals surface area contributed by atoms with Crippen molar-refractivity contribution < 1.29 is 28.7 Å². The van der Waals surface area contributed by atoms with Gasteiger partial charge in [0.25, 0.3) is 11.8 Å². The van der Waals surface area contributed by atoms with Crippen molar-refractivity contribution in [3.8, 4) is 22.8 Å². The molecule has 0 fully saturated rings. The predicted octanol–water partition coefficient (Wildman–Crippen LogP) is 2.17. The number of nitrogens with one attached hydrogen (secondary N) is 1. The Morgan fingerprint density at radius 2 is 1.71 bits per heavy atom. The van der Waals surface area contributed by atoms with Gasteiger partial charge in [-0.1, -0.05) is 17.2 Å². The van der Waals surface area contributed by atoms with Gasteiger partial charge < -0.3 is 14.3 Å². The average molecular weight is 377 g/mol. The number of ether oxygens (including phenoxy) is 2. The van der Waals surface area contributed by atoms with Crippen molar-refractivity contribution in [1.82, 2.24) is 15.3 Å². The minimum Gasteiger partial charge on any atom is -0.454 e. The number of H-pyrrole nitrogens is 1. The number of aromatic nitrogens is 2. The van der Waals surface area contributed by atoms with Crippen LogP contribution in [-0.4, -0.2) is 39.8 Å². The van der Waals surface area contributed by atoms with E-state index in [1.54, 1.807) is 30.3 Å². The van der Waals surface area contributed by atoms with Gasteiger partial charge in [-0.2, -0.15) is 5.10 Å². The highest BCUT2D eigenvalue weighted by Crippen LogP contribution is 2.35. The molecule has 0 aliphatic carbocycles. The maximum absolute atomic E-state index is 12.4. The Morgan fingerprint density at radius 3 is 2.46 bits per heavy atom. The highest BCUT2D eigenvalue weighted by atomic mass is 16.7. The first-order valence-electron chi connectivity index (χ1n) is 8.27. The van der Waals surface area contributed by atoms with Crippen LogP contribution in [0.25, 0.3) is 11.3 Å². The Labute approximate surface area is 157 Å². The smallest absolute Gasteiger partial charge is 0.381 e. The largest absolute Gasteiger partial charge is 0.454 e. The third kappa shape index (κ3) is 2.41. The molecule has 0 bridgehead atoms. The number of hydrogen-bond donors (Lipinski definition) is 1. The number of amides is 2. The SMILES string of the molecule is O=C(ON1C(=O)c2ccccc2C1=O)c1cc(-c2ccc3c(c2)OCO3)n[nH]1. The van der Waals surface area contributed by atoms with Crippen LogP contribution in [0.3, 0.4) is 0 Å². The summed E-state index contributed by atoms with van der Waals surface area (Å²) >= 11 is 0. The van der Waals surface area contributed by atoms with E-state index in [1.165, 1.54) is 18.2 Å². The summed E-state index contributed by atoms with van der Waals surface area (Å²) < 4.78 is 10.6. The lowest BCUT2D eigenvalue weighted by Gasteiger charge is -2.11. The van der Waals surface area contributed by atoms with Crippen molar-refractivity contribution in [2.24, 2.45) is 0 Å². The Bertz CT molecular complexity index is 1120. The molecule has 5 rings (SSSR count). The molecular formula is C19H11N3O6. The van der Waals surface area contributed by atoms with Crippen LogP contribution in [0.15, 0.2) is 48.5 Å². The lowest BCUT2D eigenvalue weighted by molar-refractivity contribution is -0.0588. The number of hydrogen-bond acceptors (Lipinski definition) is 7. The zero-order valence-corrected chi connectivity index (χ0v) is 14.2. The molecule has 0 radical (unpaired) electrons. The topological polar surface area (TPSA) is 111 Å². The van der Waals surface area contributed by atoms with Gasteiger partial charge in [-0.25, -0.2) is 4.79 Å². The van der Waals surface area contributed by atoms with E-state index in [1.807, 2.05) is 0 Å². The summed E-state index contributed by atoms with van der Waals surface area (Å²) in [4.78, 5) is 42.0. The van der Waals surface area contributed by atoms with Gasteiger partial charge in [0.2, 0.25) is 6.79 Å². The highest BCUT2D eigenvalue weighted by Gasteiger charge is 2.39. The number of carbonyl (C=O) groups excluding carboxylic acids is 3. The van der Waals surface area contributed by atoms with E-state index in [0.717, 1.165) is 0 Å². The lowest BCUT2D eigenvalue weighted by atomic mass is 10.1. The van der Waals surface area contributed by atoms with Crippen LogP contribution in [0.5, 0.6) is 11.5 Å². The van der Waals surface area contributed by atoms with Crippen molar-refractivity contribution in [2.75, 3.05) is 6.79 Å². The second-order valence-corrected chi connectivity index (χ2v) is 6.06. The first kappa shape index (κ1) is 16.1. The lowest BCUT2D eigenvalue weighted by Crippen LogP contribution is -2.32. The summed E-state index contributed by atoms with van der Waals surface area (Å²) in [6, 6.07) is 12.9. The minimum absolute atomic E-state index is 0.00998. The fourth-order valence-corrected chi connectivity index (χ4v) is 3.01. The van der Waals surface area contributed by atoms with Crippen LogP contribution in [-0.2, 0) is 4.84 Å². The van der Waals surface area contributed by atoms with E-state index in [-0.39, 0.29) is 23.6 Å². The zero-order chi connectivity index (χ0) is 19.3. The van der Waals surface area contributed by atoms with E-state index in [9.17, 15) is 14.4 Å². The van der Waals surface area contributed by atoms with E-state index in [2.05, 4.69) is 10.2 Å². The van der Waals surface area contributed by atoms with Crippen molar-refractivity contribution in [2.45, 2.75) is 0 Å². The Morgan fingerprint density at radius 1 is 1.00 bits per heavy atom. The first-order valence-corrected chi connectivity index (χ1v) is 8.27. The highest BCUT2D eigenvalue weighted by molar-refractivity contribution is 6.21. The second-order valence-electron chi connectivity index (χ2n) is 6.06. The van der Waals surface area contributed by atoms with Crippen molar-refractivity contribution in [1.29, 1.82) is 0 Å². The van der Waals surface area contributed by atoms with Crippen LogP contribution in [0, 0.1) is 0 Å². The van der Waals surface area contributed by atoms with Crippen LogP contribution in [0.2, 0.25) is 0 Å². The van der Waals surface area contributed by atoms with Gasteiger partial charge in [0.05, 0.1) is 16.8 Å². The van der Waals surface area contributed by atoms with Gasteiger partial charge in [0, 0.05) is 5.56 Å². The molecule has 2 aliphatic heterocycles. The molecule has 0 saturated carbocycles. The van der Waals surface area contributed by atoms with Gasteiger partial charge in [0.1, 0.15) is 5.69 Å². The maximum atomic E-state index is 12.4. The predicted molar refractivity (Wildman–Crippen MR) is 92.5 cm³/mol. The Hall–Kier alpha value is -4.14. The standard InChI is InChI=1S/C19H11N3O6/c23-17-11-3-1-2-4-12(11)18(24)22(17)28-19(25)14-8-13(20-21-14)10-5-6-15-16(7-10)27-9-26-15/h1-8H,9H2,(H,20,21). The molecule has 2 aliphatic rings. The normalized spacial score (nSPS) is 14.4. The number of nitrogens with zero attached hydrogens (tertiary/aromatic N) is 2. The maximum Gasteiger partial charge on any atom is 0.381 e. The molecule has 28 heavy (non-hydrogen) atoms. The molecule has 3 aromatic rings. The molecule has 1 aromatic heterocycles. The third-order valence-corrected chi connectivity index (χ3v) is 4.40. The minimum atomic E-state index is -0.908. The summed E-state index contributed by atoms with van der Waals surface area (Å²) in [5.41, 5.74) is 1.52. The van der Waals surface area contributed by atoms with Crippen LogP contribution in [0.1, 0.15) is 31.2 Å². The van der Waals surface area contributed by atoms with Crippen LogP contribution < -0.4 is 9.47 Å². The second kappa shape index (κ2) is 5.95. The van der Waals surface area contributed by atoms with Gasteiger partial charge in [-0.15, -0.1) is 0 Å². The van der Waals surface area contributed by atoms with Gasteiger partial charge in [0.15, 0.2) is 11.5 Å². The first-order chi connectivity index (χ1) is 13.6. The van der Waals surface area contributed by atoms with Gasteiger partial charge >= 0.3 is 5.97 Å². The monoisotopic (exact) mass is 377 g/mol. The van der Waals surface area contributed by atoms with Crippen molar-refractivity contribution in [3.63, 3.8) is 0 Å². The molecule has 0 atom stereocenters. The fraction of sp³-hybridized carbons (Fsp3) is 0.0526. The summed E-state index contributed by atoms with van der Waals surface area (Å²) in [6.07, 6.45) is 0.